The van der Waals surface area contributed by atoms with Crippen LogP contribution >= 0.6 is 0 Å². The van der Waals surface area contributed by atoms with E-state index in [4.69, 9.17) is 9.47 Å². The molecule has 3 heteroatoms. The Labute approximate surface area is 187 Å². The molecule has 1 aromatic heterocycles. The molecule has 0 spiro atoms. The second kappa shape index (κ2) is 9.36. The lowest BCUT2D eigenvalue weighted by molar-refractivity contribution is 0.306. The van der Waals surface area contributed by atoms with Crippen LogP contribution in [0.15, 0.2) is 115 Å². The Balaban J connectivity index is 1.35. The summed E-state index contributed by atoms with van der Waals surface area (Å²) in [6, 6.07) is 36.6. The summed E-state index contributed by atoms with van der Waals surface area (Å²) in [5.74, 6) is 1.67. The zero-order chi connectivity index (χ0) is 21.6. The molecule has 0 aliphatic heterocycles. The summed E-state index contributed by atoms with van der Waals surface area (Å²) in [5, 5.41) is 2.20. The summed E-state index contributed by atoms with van der Waals surface area (Å²) in [7, 11) is 0. The van der Waals surface area contributed by atoms with Crippen molar-refractivity contribution in [3.8, 4) is 22.8 Å². The van der Waals surface area contributed by atoms with E-state index in [1.54, 1.807) is 0 Å². The van der Waals surface area contributed by atoms with Gasteiger partial charge in [-0.15, -0.1) is 0 Å². The molecule has 0 fully saturated rings. The van der Waals surface area contributed by atoms with Crippen LogP contribution in [-0.4, -0.2) is 4.98 Å². The average Bonchev–Trinajstić information content (AvgIpc) is 2.87. The lowest BCUT2D eigenvalue weighted by atomic mass is 10.0. The largest absolute Gasteiger partial charge is 0.489 e. The lowest BCUT2D eigenvalue weighted by Gasteiger charge is -2.11. The first-order valence-corrected chi connectivity index (χ1v) is 10.7. The highest BCUT2D eigenvalue weighted by atomic mass is 16.5. The molecule has 0 saturated heterocycles. The molecular weight excluding hydrogens is 394 g/mol. The van der Waals surface area contributed by atoms with Gasteiger partial charge in [0.25, 0.3) is 0 Å². The standard InChI is InChI=1S/C29H23NO2/c1-3-7-22(8-4-1)20-31-26-14-12-25(13-15-26)29-28-19-27(16-11-24(28)17-18-30-29)32-21-23-9-5-2-6-10-23/h1-19H,20-21H2. The second-order valence-electron chi connectivity index (χ2n) is 7.62. The van der Waals surface area contributed by atoms with Crippen molar-refractivity contribution >= 4 is 10.8 Å². The number of hydrogen-bond acceptors (Lipinski definition) is 3. The molecule has 0 unspecified atom stereocenters. The maximum atomic E-state index is 6.04. The normalized spacial score (nSPS) is 10.8. The van der Waals surface area contributed by atoms with Crippen molar-refractivity contribution in [1.82, 2.24) is 4.98 Å². The van der Waals surface area contributed by atoms with Crippen molar-refractivity contribution in [3.05, 3.63) is 127 Å². The van der Waals surface area contributed by atoms with Crippen LogP contribution in [0, 0.1) is 0 Å². The Morgan fingerprint density at radius 1 is 0.562 bits per heavy atom. The highest BCUT2D eigenvalue weighted by molar-refractivity contribution is 5.95. The summed E-state index contributed by atoms with van der Waals surface area (Å²) in [6.45, 7) is 1.09. The van der Waals surface area contributed by atoms with Gasteiger partial charge in [-0.3, -0.25) is 4.98 Å². The van der Waals surface area contributed by atoms with Crippen LogP contribution in [0.1, 0.15) is 11.1 Å². The van der Waals surface area contributed by atoms with E-state index in [1.165, 1.54) is 0 Å². The van der Waals surface area contributed by atoms with Gasteiger partial charge in [0, 0.05) is 17.1 Å². The van der Waals surface area contributed by atoms with Gasteiger partial charge in [-0.2, -0.15) is 0 Å². The van der Waals surface area contributed by atoms with Crippen LogP contribution in [-0.2, 0) is 13.2 Å². The quantitative estimate of drug-likeness (QED) is 0.284. The zero-order valence-electron chi connectivity index (χ0n) is 17.6. The van der Waals surface area contributed by atoms with Crippen LogP contribution in [0.2, 0.25) is 0 Å². The SMILES string of the molecule is c1ccc(COc2ccc(-c3nccc4ccc(OCc5ccccc5)cc34)cc2)cc1. The zero-order valence-corrected chi connectivity index (χ0v) is 17.6. The Hall–Kier alpha value is -4.11. The molecule has 0 N–H and O–H groups in total. The third-order valence-electron chi connectivity index (χ3n) is 5.36. The fraction of sp³-hybridized carbons (Fsp3) is 0.0690. The Morgan fingerprint density at radius 2 is 1.16 bits per heavy atom. The molecule has 0 amide bonds. The third kappa shape index (κ3) is 4.62. The van der Waals surface area contributed by atoms with Crippen molar-refractivity contribution < 1.29 is 9.47 Å². The number of fused-ring (bicyclic) bond motifs is 1. The minimum absolute atomic E-state index is 0.537. The molecule has 0 radical (unpaired) electrons. The number of aromatic nitrogens is 1. The summed E-state index contributed by atoms with van der Waals surface area (Å²) >= 11 is 0. The topological polar surface area (TPSA) is 31.4 Å². The van der Waals surface area contributed by atoms with E-state index in [2.05, 4.69) is 53.5 Å². The molecule has 0 atom stereocenters. The molecule has 5 rings (SSSR count). The maximum Gasteiger partial charge on any atom is 0.120 e. The first-order chi connectivity index (χ1) is 15.8. The first kappa shape index (κ1) is 19.8. The fourth-order valence-electron chi connectivity index (χ4n) is 3.66. The predicted octanol–water partition coefficient (Wildman–Crippen LogP) is 7.06. The van der Waals surface area contributed by atoms with Gasteiger partial charge < -0.3 is 9.47 Å². The van der Waals surface area contributed by atoms with Crippen LogP contribution in [0.4, 0.5) is 0 Å². The molecular formula is C29H23NO2. The van der Waals surface area contributed by atoms with E-state index >= 15 is 0 Å². The van der Waals surface area contributed by atoms with Crippen molar-refractivity contribution in [1.29, 1.82) is 0 Å². The molecule has 1 heterocycles. The van der Waals surface area contributed by atoms with Gasteiger partial charge in [0.05, 0.1) is 5.69 Å². The second-order valence-corrected chi connectivity index (χ2v) is 7.62. The summed E-state index contributed by atoms with van der Waals surface area (Å²) < 4.78 is 12.0. The summed E-state index contributed by atoms with van der Waals surface area (Å²) in [4.78, 5) is 4.66. The Kier molecular flexibility index (Phi) is 5.80. The number of benzene rings is 4. The number of nitrogens with zero attached hydrogens (tertiary/aromatic N) is 1. The molecule has 0 saturated carbocycles. The summed E-state index contributed by atoms with van der Waals surface area (Å²) in [6.07, 6.45) is 1.85. The third-order valence-corrected chi connectivity index (χ3v) is 5.36. The van der Waals surface area contributed by atoms with Crippen LogP contribution in [0.25, 0.3) is 22.0 Å². The fourth-order valence-corrected chi connectivity index (χ4v) is 3.66. The van der Waals surface area contributed by atoms with Gasteiger partial charge in [0.15, 0.2) is 0 Å². The van der Waals surface area contributed by atoms with Gasteiger partial charge >= 0.3 is 0 Å². The van der Waals surface area contributed by atoms with E-state index in [0.29, 0.717) is 13.2 Å². The van der Waals surface area contributed by atoms with Crippen molar-refractivity contribution in [2.75, 3.05) is 0 Å². The van der Waals surface area contributed by atoms with Crippen LogP contribution < -0.4 is 9.47 Å². The number of ether oxygens (including phenoxy) is 2. The maximum absolute atomic E-state index is 6.04. The average molecular weight is 418 g/mol. The molecule has 3 nitrogen and oxygen atoms in total. The van der Waals surface area contributed by atoms with Gasteiger partial charge in [0.2, 0.25) is 0 Å². The van der Waals surface area contributed by atoms with Gasteiger partial charge in [-0.1, -0.05) is 66.7 Å². The van der Waals surface area contributed by atoms with Crippen LogP contribution in [0.3, 0.4) is 0 Å². The van der Waals surface area contributed by atoms with E-state index < -0.39 is 0 Å². The van der Waals surface area contributed by atoms with E-state index in [1.807, 2.05) is 66.9 Å². The molecule has 0 bridgehead atoms. The van der Waals surface area contributed by atoms with Crippen molar-refractivity contribution in [3.63, 3.8) is 0 Å². The molecule has 0 aliphatic carbocycles. The van der Waals surface area contributed by atoms with E-state index in [0.717, 1.165) is 44.7 Å². The number of hydrogen-bond donors (Lipinski definition) is 0. The smallest absolute Gasteiger partial charge is 0.120 e. The Bertz CT molecular complexity index is 1300. The van der Waals surface area contributed by atoms with Crippen molar-refractivity contribution in [2.45, 2.75) is 13.2 Å². The monoisotopic (exact) mass is 417 g/mol. The highest BCUT2D eigenvalue weighted by Crippen LogP contribution is 2.31. The number of pyridine rings is 1. The molecule has 4 aromatic carbocycles. The molecule has 5 aromatic rings. The molecule has 32 heavy (non-hydrogen) atoms. The molecule has 0 aliphatic rings. The lowest BCUT2D eigenvalue weighted by Crippen LogP contribution is -1.96. The first-order valence-electron chi connectivity index (χ1n) is 10.7. The van der Waals surface area contributed by atoms with Gasteiger partial charge in [0.1, 0.15) is 24.7 Å². The minimum atomic E-state index is 0.537. The van der Waals surface area contributed by atoms with E-state index in [-0.39, 0.29) is 0 Å². The van der Waals surface area contributed by atoms with Crippen molar-refractivity contribution in [2.24, 2.45) is 0 Å². The highest BCUT2D eigenvalue weighted by Gasteiger charge is 2.08. The van der Waals surface area contributed by atoms with Crippen LogP contribution in [0.5, 0.6) is 11.5 Å². The summed E-state index contributed by atoms with van der Waals surface area (Å²) in [5.41, 5.74) is 4.27. The minimum Gasteiger partial charge on any atom is -0.489 e. The van der Waals surface area contributed by atoms with E-state index in [9.17, 15) is 0 Å². The predicted molar refractivity (Wildman–Crippen MR) is 129 cm³/mol. The van der Waals surface area contributed by atoms with Gasteiger partial charge in [-0.05, 0) is 59.0 Å². The number of rotatable bonds is 7. The van der Waals surface area contributed by atoms with Gasteiger partial charge in [-0.25, -0.2) is 0 Å². The molecule has 156 valence electrons. The Morgan fingerprint density at radius 3 is 1.81 bits per heavy atom.